The molecule has 4 nitrogen and oxygen atoms in total. The number of thiophene rings is 1. The molecule has 1 N–H and O–H groups in total. The molecule has 7 heteroatoms. The van der Waals surface area contributed by atoms with Gasteiger partial charge in [0.1, 0.15) is 4.21 Å². The maximum Gasteiger partial charge on any atom is 0.250 e. The number of thiazole rings is 1. The van der Waals surface area contributed by atoms with Crippen molar-refractivity contribution in [2.75, 3.05) is 6.54 Å². The molecule has 0 aliphatic carbocycles. The molecule has 0 saturated carbocycles. The van der Waals surface area contributed by atoms with Crippen molar-refractivity contribution in [2.24, 2.45) is 0 Å². The highest BCUT2D eigenvalue weighted by molar-refractivity contribution is 7.91. The summed E-state index contributed by atoms with van der Waals surface area (Å²) in [5.41, 5.74) is 0. The first-order valence-electron chi connectivity index (χ1n) is 5.02. The number of sulfonamides is 1. The molecular weight excluding hydrogens is 276 g/mol. The van der Waals surface area contributed by atoms with Crippen molar-refractivity contribution in [1.29, 1.82) is 0 Å². The van der Waals surface area contributed by atoms with Gasteiger partial charge in [-0.05, 0) is 24.8 Å². The Bertz CT molecular complexity index is 572. The van der Waals surface area contributed by atoms with Crippen molar-refractivity contribution >= 4 is 32.7 Å². The molecule has 0 aliphatic rings. The van der Waals surface area contributed by atoms with E-state index in [4.69, 9.17) is 0 Å². The van der Waals surface area contributed by atoms with Crippen LogP contribution in [0.15, 0.2) is 27.9 Å². The van der Waals surface area contributed by atoms with Crippen LogP contribution < -0.4 is 4.72 Å². The van der Waals surface area contributed by atoms with E-state index in [-0.39, 0.29) is 0 Å². The average Bonchev–Trinajstić information content (AvgIpc) is 2.89. The quantitative estimate of drug-likeness (QED) is 0.916. The zero-order valence-corrected chi connectivity index (χ0v) is 11.7. The minimum absolute atomic E-state index is 0.359. The molecule has 0 fully saturated rings. The highest BCUT2D eigenvalue weighted by Crippen LogP contribution is 2.16. The Balaban J connectivity index is 1.91. The Morgan fingerprint density at radius 3 is 2.88 bits per heavy atom. The van der Waals surface area contributed by atoms with Crippen LogP contribution >= 0.6 is 22.7 Å². The highest BCUT2D eigenvalue weighted by Gasteiger charge is 2.14. The normalized spacial score (nSPS) is 11.8. The summed E-state index contributed by atoms with van der Waals surface area (Å²) in [6.07, 6.45) is 2.47. The van der Waals surface area contributed by atoms with E-state index >= 15 is 0 Å². The number of nitrogens with one attached hydrogen (secondary N) is 1. The van der Waals surface area contributed by atoms with Gasteiger partial charge in [-0.1, -0.05) is 6.07 Å². The molecule has 0 bridgehead atoms. The Hall–Kier alpha value is -0.760. The van der Waals surface area contributed by atoms with Gasteiger partial charge in [0.15, 0.2) is 0 Å². The smallest absolute Gasteiger partial charge is 0.250 e. The maximum atomic E-state index is 11.8. The maximum absolute atomic E-state index is 11.8. The zero-order valence-electron chi connectivity index (χ0n) is 9.21. The van der Waals surface area contributed by atoms with E-state index in [9.17, 15) is 8.42 Å². The SMILES string of the molecule is Cc1ncc(CCNS(=O)(=O)c2cccs2)s1. The average molecular weight is 288 g/mol. The molecule has 17 heavy (non-hydrogen) atoms. The lowest BCUT2D eigenvalue weighted by atomic mass is 10.4. The van der Waals surface area contributed by atoms with Gasteiger partial charge in [0, 0.05) is 17.6 Å². The summed E-state index contributed by atoms with van der Waals surface area (Å²) < 4.78 is 26.5. The number of hydrogen-bond donors (Lipinski definition) is 1. The molecular formula is C10H12N2O2S3. The molecule has 0 spiro atoms. The summed E-state index contributed by atoms with van der Waals surface area (Å²) in [6, 6.07) is 3.33. The minimum atomic E-state index is -3.33. The third kappa shape index (κ3) is 3.35. The van der Waals surface area contributed by atoms with Gasteiger partial charge in [-0.25, -0.2) is 18.1 Å². The van der Waals surface area contributed by atoms with Crippen LogP contribution in [0.25, 0.3) is 0 Å². The predicted molar refractivity (Wildman–Crippen MR) is 70.1 cm³/mol. The highest BCUT2D eigenvalue weighted by atomic mass is 32.2. The van der Waals surface area contributed by atoms with Crippen LogP contribution in [0.3, 0.4) is 0 Å². The Morgan fingerprint density at radius 1 is 1.47 bits per heavy atom. The third-order valence-electron chi connectivity index (χ3n) is 2.09. The standard InChI is InChI=1S/C10H12N2O2S3/c1-8-11-7-9(16-8)4-5-12-17(13,14)10-3-2-6-15-10/h2-3,6-7,12H,4-5H2,1H3. The van der Waals surface area contributed by atoms with Crippen LogP contribution in [0.5, 0.6) is 0 Å². The molecule has 2 rings (SSSR count). The fourth-order valence-corrected chi connectivity index (χ4v) is 4.18. The summed E-state index contributed by atoms with van der Waals surface area (Å²) >= 11 is 2.81. The molecule has 2 heterocycles. The molecule has 0 amide bonds. The Morgan fingerprint density at radius 2 is 2.29 bits per heavy atom. The van der Waals surface area contributed by atoms with Gasteiger partial charge in [-0.2, -0.15) is 0 Å². The van der Waals surface area contributed by atoms with Gasteiger partial charge in [0.2, 0.25) is 10.0 Å². The van der Waals surface area contributed by atoms with Crippen molar-refractivity contribution in [3.05, 3.63) is 33.6 Å². The van der Waals surface area contributed by atoms with E-state index in [0.29, 0.717) is 17.2 Å². The summed E-state index contributed by atoms with van der Waals surface area (Å²) in [5, 5.41) is 2.75. The van der Waals surface area contributed by atoms with Gasteiger partial charge in [-0.3, -0.25) is 0 Å². The first-order valence-corrected chi connectivity index (χ1v) is 8.20. The Labute approximate surface area is 108 Å². The first kappa shape index (κ1) is 12.7. The van der Waals surface area contributed by atoms with E-state index < -0.39 is 10.0 Å². The van der Waals surface area contributed by atoms with Crippen LogP contribution in [-0.2, 0) is 16.4 Å². The van der Waals surface area contributed by atoms with E-state index in [2.05, 4.69) is 9.71 Å². The molecule has 92 valence electrons. The summed E-state index contributed by atoms with van der Waals surface area (Å²) in [6.45, 7) is 2.34. The fourth-order valence-electron chi connectivity index (χ4n) is 1.32. The molecule has 0 saturated heterocycles. The second-order valence-corrected chi connectivity index (χ2v) is 7.69. The van der Waals surface area contributed by atoms with Crippen LogP contribution in [0.1, 0.15) is 9.88 Å². The number of hydrogen-bond acceptors (Lipinski definition) is 5. The van der Waals surface area contributed by atoms with Crippen LogP contribution in [0.2, 0.25) is 0 Å². The molecule has 0 aliphatic heterocycles. The lowest BCUT2D eigenvalue weighted by Gasteiger charge is -2.02. The van der Waals surface area contributed by atoms with E-state index in [1.54, 1.807) is 35.0 Å². The van der Waals surface area contributed by atoms with Gasteiger partial charge >= 0.3 is 0 Å². The third-order valence-corrected chi connectivity index (χ3v) is 5.92. The van der Waals surface area contributed by atoms with Crippen molar-refractivity contribution in [3.63, 3.8) is 0 Å². The molecule has 0 atom stereocenters. The lowest BCUT2D eigenvalue weighted by Crippen LogP contribution is -2.25. The van der Waals surface area contributed by atoms with Crippen molar-refractivity contribution in [2.45, 2.75) is 17.6 Å². The van der Waals surface area contributed by atoms with Crippen LogP contribution in [0.4, 0.5) is 0 Å². The second-order valence-electron chi connectivity index (χ2n) is 3.43. The number of nitrogens with zero attached hydrogens (tertiary/aromatic N) is 1. The number of aryl methyl sites for hydroxylation is 1. The van der Waals surface area contributed by atoms with E-state index in [1.807, 2.05) is 6.92 Å². The lowest BCUT2D eigenvalue weighted by molar-refractivity contribution is 0.584. The zero-order chi connectivity index (χ0) is 12.3. The van der Waals surface area contributed by atoms with Gasteiger partial charge in [-0.15, -0.1) is 22.7 Å². The predicted octanol–water partition coefficient (Wildman–Crippen LogP) is 2.03. The first-order chi connectivity index (χ1) is 8.08. The second kappa shape index (κ2) is 5.26. The minimum Gasteiger partial charge on any atom is -0.250 e. The molecule has 2 aromatic heterocycles. The number of rotatable bonds is 5. The van der Waals surface area contributed by atoms with Gasteiger partial charge in [0.25, 0.3) is 0 Å². The van der Waals surface area contributed by atoms with E-state index in [0.717, 1.165) is 9.88 Å². The van der Waals surface area contributed by atoms with Crippen molar-refractivity contribution in [1.82, 2.24) is 9.71 Å². The summed E-state index contributed by atoms with van der Waals surface area (Å²) in [4.78, 5) is 5.22. The summed E-state index contributed by atoms with van der Waals surface area (Å²) in [5.74, 6) is 0. The fraction of sp³-hybridized carbons (Fsp3) is 0.300. The molecule has 0 radical (unpaired) electrons. The van der Waals surface area contributed by atoms with Gasteiger partial charge < -0.3 is 0 Å². The van der Waals surface area contributed by atoms with E-state index in [1.165, 1.54) is 11.3 Å². The number of aromatic nitrogens is 1. The van der Waals surface area contributed by atoms with Crippen molar-refractivity contribution in [3.8, 4) is 0 Å². The molecule has 0 aromatic carbocycles. The Kier molecular flexibility index (Phi) is 3.93. The van der Waals surface area contributed by atoms with Crippen molar-refractivity contribution < 1.29 is 8.42 Å². The topological polar surface area (TPSA) is 59.1 Å². The van der Waals surface area contributed by atoms with Gasteiger partial charge in [0.05, 0.1) is 5.01 Å². The molecule has 2 aromatic rings. The molecule has 0 unspecified atom stereocenters. The largest absolute Gasteiger partial charge is 0.250 e. The van der Waals surface area contributed by atoms with Crippen LogP contribution in [-0.4, -0.2) is 19.9 Å². The monoisotopic (exact) mass is 288 g/mol. The van der Waals surface area contributed by atoms with Crippen LogP contribution in [0, 0.1) is 6.92 Å². The summed E-state index contributed by atoms with van der Waals surface area (Å²) in [7, 11) is -3.33.